The maximum Gasteiger partial charge on any atom is 0.224 e. The van der Waals surface area contributed by atoms with E-state index >= 15 is 0 Å². The molecule has 0 atom stereocenters. The SMILES string of the molecule is CCCCCNc1nccc(Nc2cccc(Cl)c2C)n1. The first-order chi connectivity index (χ1) is 10.2. The first-order valence-corrected chi connectivity index (χ1v) is 7.67. The van der Waals surface area contributed by atoms with E-state index in [2.05, 4.69) is 27.5 Å². The molecule has 0 unspecified atom stereocenters. The van der Waals surface area contributed by atoms with E-state index in [0.29, 0.717) is 5.95 Å². The molecular formula is C16H21ClN4. The first kappa shape index (κ1) is 15.6. The minimum atomic E-state index is 0.649. The maximum absolute atomic E-state index is 6.12. The van der Waals surface area contributed by atoms with Gasteiger partial charge in [0, 0.05) is 23.5 Å². The van der Waals surface area contributed by atoms with Crippen molar-refractivity contribution in [3.8, 4) is 0 Å². The van der Waals surface area contributed by atoms with Gasteiger partial charge in [0.05, 0.1) is 0 Å². The van der Waals surface area contributed by atoms with Crippen LogP contribution in [0.25, 0.3) is 0 Å². The molecule has 112 valence electrons. The summed E-state index contributed by atoms with van der Waals surface area (Å²) in [5.41, 5.74) is 1.97. The van der Waals surface area contributed by atoms with Gasteiger partial charge in [0.1, 0.15) is 5.82 Å². The summed E-state index contributed by atoms with van der Waals surface area (Å²) in [4.78, 5) is 8.69. The van der Waals surface area contributed by atoms with E-state index in [1.165, 1.54) is 12.8 Å². The number of anilines is 3. The first-order valence-electron chi connectivity index (χ1n) is 7.29. The molecule has 1 aromatic carbocycles. The van der Waals surface area contributed by atoms with Crippen molar-refractivity contribution in [3.05, 3.63) is 41.0 Å². The fraction of sp³-hybridized carbons (Fsp3) is 0.375. The molecule has 0 spiro atoms. The van der Waals surface area contributed by atoms with Crippen LogP contribution >= 0.6 is 11.6 Å². The maximum atomic E-state index is 6.12. The summed E-state index contributed by atoms with van der Waals surface area (Å²) < 4.78 is 0. The summed E-state index contributed by atoms with van der Waals surface area (Å²) in [6.07, 6.45) is 5.30. The Labute approximate surface area is 131 Å². The Bertz CT molecular complexity index is 586. The molecule has 0 saturated heterocycles. The van der Waals surface area contributed by atoms with Crippen LogP contribution in [0.2, 0.25) is 5.02 Å². The Kier molecular flexibility index (Phi) is 5.81. The van der Waals surface area contributed by atoms with Crippen molar-refractivity contribution in [2.45, 2.75) is 33.1 Å². The fourth-order valence-corrected chi connectivity index (χ4v) is 2.14. The van der Waals surface area contributed by atoms with E-state index < -0.39 is 0 Å². The van der Waals surface area contributed by atoms with Crippen LogP contribution in [-0.2, 0) is 0 Å². The van der Waals surface area contributed by atoms with Crippen molar-refractivity contribution in [3.63, 3.8) is 0 Å². The third-order valence-corrected chi connectivity index (χ3v) is 3.66. The van der Waals surface area contributed by atoms with Crippen LogP contribution in [0, 0.1) is 6.92 Å². The van der Waals surface area contributed by atoms with Gasteiger partial charge in [-0.1, -0.05) is 37.4 Å². The molecule has 0 bridgehead atoms. The number of hydrogen-bond acceptors (Lipinski definition) is 4. The fourth-order valence-electron chi connectivity index (χ4n) is 1.97. The highest BCUT2D eigenvalue weighted by Gasteiger charge is 2.04. The summed E-state index contributed by atoms with van der Waals surface area (Å²) in [6.45, 7) is 5.07. The van der Waals surface area contributed by atoms with Gasteiger partial charge in [-0.25, -0.2) is 4.98 Å². The van der Waals surface area contributed by atoms with Crippen molar-refractivity contribution < 1.29 is 0 Å². The number of rotatable bonds is 7. The molecule has 2 N–H and O–H groups in total. The summed E-state index contributed by atoms with van der Waals surface area (Å²) >= 11 is 6.12. The molecule has 2 rings (SSSR count). The van der Waals surface area contributed by atoms with Gasteiger partial charge in [-0.2, -0.15) is 4.98 Å². The number of hydrogen-bond donors (Lipinski definition) is 2. The lowest BCUT2D eigenvalue weighted by atomic mass is 10.2. The molecule has 5 heteroatoms. The predicted octanol–water partition coefficient (Wildman–Crippen LogP) is 4.78. The van der Waals surface area contributed by atoms with Crippen LogP contribution in [0.15, 0.2) is 30.5 Å². The standard InChI is InChI=1S/C16H21ClN4/c1-3-4-5-10-18-16-19-11-9-15(21-16)20-14-8-6-7-13(17)12(14)2/h6-9,11H,3-5,10H2,1-2H3,(H2,18,19,20,21). The second-order valence-corrected chi connectivity index (χ2v) is 5.34. The highest BCUT2D eigenvalue weighted by Crippen LogP contribution is 2.25. The quantitative estimate of drug-likeness (QED) is 0.722. The molecule has 0 aliphatic rings. The number of nitrogens with zero attached hydrogens (tertiary/aromatic N) is 2. The van der Waals surface area contributed by atoms with E-state index in [9.17, 15) is 0 Å². The normalized spacial score (nSPS) is 10.4. The van der Waals surface area contributed by atoms with E-state index in [1.54, 1.807) is 6.20 Å². The Morgan fingerprint density at radius 1 is 1.19 bits per heavy atom. The molecule has 21 heavy (non-hydrogen) atoms. The van der Waals surface area contributed by atoms with Gasteiger partial charge in [0.2, 0.25) is 5.95 Å². The highest BCUT2D eigenvalue weighted by atomic mass is 35.5. The zero-order valence-corrected chi connectivity index (χ0v) is 13.2. The predicted molar refractivity (Wildman–Crippen MR) is 89.5 cm³/mol. The monoisotopic (exact) mass is 304 g/mol. The van der Waals surface area contributed by atoms with Crippen LogP contribution in [0.3, 0.4) is 0 Å². The lowest BCUT2D eigenvalue weighted by molar-refractivity contribution is 0.740. The van der Waals surface area contributed by atoms with Gasteiger partial charge in [0.25, 0.3) is 0 Å². The van der Waals surface area contributed by atoms with Crippen LogP contribution in [-0.4, -0.2) is 16.5 Å². The second kappa shape index (κ2) is 7.84. The minimum Gasteiger partial charge on any atom is -0.354 e. The Hall–Kier alpha value is -1.81. The molecule has 0 fully saturated rings. The zero-order chi connectivity index (χ0) is 15.1. The highest BCUT2D eigenvalue weighted by molar-refractivity contribution is 6.31. The topological polar surface area (TPSA) is 49.8 Å². The van der Waals surface area contributed by atoms with Crippen LogP contribution in [0.5, 0.6) is 0 Å². The van der Waals surface area contributed by atoms with Crippen LogP contribution < -0.4 is 10.6 Å². The van der Waals surface area contributed by atoms with Gasteiger partial charge in [-0.15, -0.1) is 0 Å². The minimum absolute atomic E-state index is 0.649. The van der Waals surface area contributed by atoms with Gasteiger partial charge in [-0.3, -0.25) is 0 Å². The third kappa shape index (κ3) is 4.60. The third-order valence-electron chi connectivity index (χ3n) is 3.25. The summed E-state index contributed by atoms with van der Waals surface area (Å²) in [7, 11) is 0. The molecule has 0 aliphatic carbocycles. The molecule has 1 aromatic heterocycles. The average Bonchev–Trinajstić information content (AvgIpc) is 2.49. The average molecular weight is 305 g/mol. The lowest BCUT2D eigenvalue weighted by Crippen LogP contribution is -2.06. The van der Waals surface area contributed by atoms with Crippen molar-refractivity contribution in [1.82, 2.24) is 9.97 Å². The Morgan fingerprint density at radius 2 is 2.05 bits per heavy atom. The van der Waals surface area contributed by atoms with Crippen LogP contribution in [0.1, 0.15) is 31.7 Å². The molecular weight excluding hydrogens is 284 g/mol. The number of nitrogens with one attached hydrogen (secondary N) is 2. The molecule has 1 heterocycles. The van der Waals surface area contributed by atoms with Crippen molar-refractivity contribution >= 4 is 29.1 Å². The summed E-state index contributed by atoms with van der Waals surface area (Å²) in [6, 6.07) is 7.63. The number of halogens is 1. The van der Waals surface area contributed by atoms with Crippen LogP contribution in [0.4, 0.5) is 17.5 Å². The molecule has 4 nitrogen and oxygen atoms in total. The van der Waals surface area contributed by atoms with Gasteiger partial charge in [0.15, 0.2) is 0 Å². The summed E-state index contributed by atoms with van der Waals surface area (Å²) in [5, 5.41) is 7.27. The van der Waals surface area contributed by atoms with E-state index in [1.807, 2.05) is 31.2 Å². The zero-order valence-electron chi connectivity index (χ0n) is 12.5. The van der Waals surface area contributed by atoms with Crippen molar-refractivity contribution in [1.29, 1.82) is 0 Å². The van der Waals surface area contributed by atoms with Gasteiger partial charge < -0.3 is 10.6 Å². The van der Waals surface area contributed by atoms with E-state index in [4.69, 9.17) is 11.6 Å². The molecule has 0 amide bonds. The molecule has 0 radical (unpaired) electrons. The second-order valence-electron chi connectivity index (χ2n) is 4.94. The Morgan fingerprint density at radius 3 is 2.86 bits per heavy atom. The number of unbranched alkanes of at least 4 members (excludes halogenated alkanes) is 2. The number of aromatic nitrogens is 2. The lowest BCUT2D eigenvalue weighted by Gasteiger charge is -2.11. The van der Waals surface area contributed by atoms with Gasteiger partial charge in [-0.05, 0) is 37.1 Å². The smallest absolute Gasteiger partial charge is 0.224 e. The van der Waals surface area contributed by atoms with Crippen molar-refractivity contribution in [2.75, 3.05) is 17.2 Å². The number of benzene rings is 1. The largest absolute Gasteiger partial charge is 0.354 e. The molecule has 0 aliphatic heterocycles. The van der Waals surface area contributed by atoms with E-state index in [0.717, 1.165) is 35.1 Å². The van der Waals surface area contributed by atoms with Gasteiger partial charge >= 0.3 is 0 Å². The van der Waals surface area contributed by atoms with Crippen molar-refractivity contribution in [2.24, 2.45) is 0 Å². The molecule has 2 aromatic rings. The molecule has 0 saturated carbocycles. The summed E-state index contributed by atoms with van der Waals surface area (Å²) in [5.74, 6) is 1.41. The van der Waals surface area contributed by atoms with E-state index in [-0.39, 0.29) is 0 Å². The Balaban J connectivity index is 2.02.